The molecule has 1 aliphatic rings. The Balaban J connectivity index is 1.54. The molecular weight excluding hydrogens is 304 g/mol. The maximum absolute atomic E-state index is 12.2. The molecule has 0 bridgehead atoms. The molecule has 0 atom stereocenters. The van der Waals surface area contributed by atoms with Gasteiger partial charge in [0.15, 0.2) is 0 Å². The molecule has 0 fully saturated rings. The second-order valence-electron chi connectivity index (χ2n) is 6.55. The Morgan fingerprint density at radius 1 is 1.29 bits per heavy atom. The lowest BCUT2D eigenvalue weighted by molar-refractivity contribution is -0.120. The molecule has 1 amide bonds. The van der Waals surface area contributed by atoms with Crippen molar-refractivity contribution in [3.8, 4) is 0 Å². The van der Waals surface area contributed by atoms with Gasteiger partial charge in [0.1, 0.15) is 5.58 Å². The number of ether oxygens (including phenoxy) is 1. The van der Waals surface area contributed by atoms with Gasteiger partial charge in [-0.05, 0) is 49.6 Å². The zero-order valence-corrected chi connectivity index (χ0v) is 14.6. The van der Waals surface area contributed by atoms with Crippen molar-refractivity contribution in [3.63, 3.8) is 0 Å². The molecule has 1 heterocycles. The minimum Gasteiger partial charge on any atom is -0.464 e. The molecule has 130 valence electrons. The number of likely N-dealkylation sites (N-methyl/N-ethyl adjacent to an activating group) is 1. The Labute approximate surface area is 143 Å². The predicted molar refractivity (Wildman–Crippen MR) is 94.3 cm³/mol. The molecule has 0 radical (unpaired) electrons. The summed E-state index contributed by atoms with van der Waals surface area (Å²) in [5.74, 6) is 0.0401. The Kier molecular flexibility index (Phi) is 5.53. The van der Waals surface area contributed by atoms with Gasteiger partial charge in [0.25, 0.3) is 0 Å². The van der Waals surface area contributed by atoms with Crippen molar-refractivity contribution >= 4 is 16.9 Å². The second-order valence-corrected chi connectivity index (χ2v) is 6.55. The number of benzene rings is 1. The molecule has 0 saturated carbocycles. The number of fused-ring (bicyclic) bond motifs is 2. The van der Waals surface area contributed by atoms with Gasteiger partial charge in [-0.1, -0.05) is 0 Å². The third kappa shape index (κ3) is 3.97. The SMILES string of the molecule is COCCN(C)CCNC(=O)Cc1coc2cc3c(cc12)CCC3. The number of nitrogens with one attached hydrogen (secondary N) is 1. The van der Waals surface area contributed by atoms with Crippen molar-refractivity contribution in [2.75, 3.05) is 40.4 Å². The standard InChI is InChI=1S/C19H26N2O3/c1-21(8-9-23-2)7-6-20-19(22)12-16-13-24-18-11-15-5-3-4-14(15)10-17(16)18/h10-11,13H,3-9,12H2,1-2H3,(H,20,22). The van der Waals surface area contributed by atoms with E-state index in [2.05, 4.69) is 22.3 Å². The second kappa shape index (κ2) is 7.81. The lowest BCUT2D eigenvalue weighted by atomic mass is 10.0. The monoisotopic (exact) mass is 330 g/mol. The Morgan fingerprint density at radius 3 is 2.88 bits per heavy atom. The lowest BCUT2D eigenvalue weighted by Crippen LogP contribution is -2.35. The number of methoxy groups -OCH3 is 1. The highest BCUT2D eigenvalue weighted by atomic mass is 16.5. The number of amides is 1. The van der Waals surface area contributed by atoms with Gasteiger partial charge in [0.2, 0.25) is 5.91 Å². The number of hydrogen-bond acceptors (Lipinski definition) is 4. The topological polar surface area (TPSA) is 54.7 Å². The largest absolute Gasteiger partial charge is 0.464 e. The lowest BCUT2D eigenvalue weighted by Gasteiger charge is -2.16. The Hall–Kier alpha value is -1.85. The van der Waals surface area contributed by atoms with Crippen molar-refractivity contribution in [1.82, 2.24) is 10.2 Å². The van der Waals surface area contributed by atoms with Crippen LogP contribution in [0.15, 0.2) is 22.8 Å². The van der Waals surface area contributed by atoms with Crippen LogP contribution in [0.3, 0.4) is 0 Å². The molecule has 3 rings (SSSR count). The molecule has 0 spiro atoms. The number of nitrogens with zero attached hydrogens (tertiary/aromatic N) is 1. The van der Waals surface area contributed by atoms with Crippen molar-refractivity contribution in [2.24, 2.45) is 0 Å². The zero-order chi connectivity index (χ0) is 16.9. The average molecular weight is 330 g/mol. The molecule has 5 heteroatoms. The summed E-state index contributed by atoms with van der Waals surface area (Å²) in [6.45, 7) is 3.03. The summed E-state index contributed by atoms with van der Waals surface area (Å²) in [5.41, 5.74) is 4.68. The van der Waals surface area contributed by atoms with E-state index in [9.17, 15) is 4.79 Å². The van der Waals surface area contributed by atoms with Crippen LogP contribution in [0.25, 0.3) is 11.0 Å². The molecule has 2 aromatic rings. The summed E-state index contributed by atoms with van der Waals surface area (Å²) in [7, 11) is 3.72. The fraction of sp³-hybridized carbons (Fsp3) is 0.526. The van der Waals surface area contributed by atoms with Crippen LogP contribution in [-0.2, 0) is 28.8 Å². The smallest absolute Gasteiger partial charge is 0.224 e. The van der Waals surface area contributed by atoms with Crippen LogP contribution in [-0.4, -0.2) is 51.2 Å². The zero-order valence-electron chi connectivity index (χ0n) is 14.6. The summed E-state index contributed by atoms with van der Waals surface area (Å²) >= 11 is 0. The maximum Gasteiger partial charge on any atom is 0.224 e. The van der Waals surface area contributed by atoms with Crippen LogP contribution >= 0.6 is 0 Å². The highest BCUT2D eigenvalue weighted by molar-refractivity contribution is 5.88. The molecule has 0 saturated heterocycles. The van der Waals surface area contributed by atoms with Crippen molar-refractivity contribution < 1.29 is 13.9 Å². The number of carbonyl (C=O) groups is 1. The van der Waals surface area contributed by atoms with E-state index in [1.165, 1.54) is 17.5 Å². The fourth-order valence-electron chi connectivity index (χ4n) is 3.27. The van der Waals surface area contributed by atoms with E-state index in [4.69, 9.17) is 9.15 Å². The summed E-state index contributed by atoms with van der Waals surface area (Å²) in [4.78, 5) is 14.3. The first-order chi connectivity index (χ1) is 11.7. The summed E-state index contributed by atoms with van der Waals surface area (Å²) in [6.07, 6.45) is 5.58. The van der Waals surface area contributed by atoms with Gasteiger partial charge >= 0.3 is 0 Å². The molecule has 0 aliphatic heterocycles. The van der Waals surface area contributed by atoms with E-state index in [0.29, 0.717) is 19.6 Å². The molecule has 0 unspecified atom stereocenters. The first kappa shape index (κ1) is 17.0. The number of carbonyl (C=O) groups excluding carboxylic acids is 1. The quantitative estimate of drug-likeness (QED) is 0.806. The molecular formula is C19H26N2O3. The van der Waals surface area contributed by atoms with E-state index in [1.54, 1.807) is 13.4 Å². The average Bonchev–Trinajstić information content (AvgIpc) is 3.17. The molecule has 1 aromatic heterocycles. The number of rotatable bonds is 8. The molecule has 24 heavy (non-hydrogen) atoms. The van der Waals surface area contributed by atoms with Crippen LogP contribution in [0.4, 0.5) is 0 Å². The highest BCUT2D eigenvalue weighted by Crippen LogP contribution is 2.30. The van der Waals surface area contributed by atoms with Crippen LogP contribution in [0, 0.1) is 0 Å². The minimum atomic E-state index is 0.0401. The Bertz CT molecular complexity index is 708. The highest BCUT2D eigenvalue weighted by Gasteiger charge is 2.16. The van der Waals surface area contributed by atoms with Crippen molar-refractivity contribution in [3.05, 3.63) is 35.1 Å². The van der Waals surface area contributed by atoms with E-state index in [0.717, 1.165) is 42.5 Å². The number of hydrogen-bond donors (Lipinski definition) is 1. The van der Waals surface area contributed by atoms with Gasteiger partial charge in [-0.2, -0.15) is 0 Å². The normalized spacial score (nSPS) is 13.6. The third-order valence-electron chi connectivity index (χ3n) is 4.71. The van der Waals surface area contributed by atoms with Crippen LogP contribution in [0.1, 0.15) is 23.1 Å². The van der Waals surface area contributed by atoms with E-state index >= 15 is 0 Å². The molecule has 1 aliphatic carbocycles. The summed E-state index contributed by atoms with van der Waals surface area (Å²) in [6, 6.07) is 4.35. The minimum absolute atomic E-state index is 0.0401. The van der Waals surface area contributed by atoms with Crippen LogP contribution < -0.4 is 5.32 Å². The summed E-state index contributed by atoms with van der Waals surface area (Å²) in [5, 5.41) is 4.07. The number of furan rings is 1. The fourth-order valence-corrected chi connectivity index (χ4v) is 3.27. The van der Waals surface area contributed by atoms with Gasteiger partial charge in [0.05, 0.1) is 19.3 Å². The van der Waals surface area contributed by atoms with Gasteiger partial charge in [-0.3, -0.25) is 4.79 Å². The first-order valence-electron chi connectivity index (χ1n) is 8.63. The molecule has 1 aromatic carbocycles. The molecule has 5 nitrogen and oxygen atoms in total. The van der Waals surface area contributed by atoms with Gasteiger partial charge < -0.3 is 19.4 Å². The van der Waals surface area contributed by atoms with Crippen molar-refractivity contribution in [2.45, 2.75) is 25.7 Å². The van der Waals surface area contributed by atoms with E-state index < -0.39 is 0 Å². The predicted octanol–water partition coefficient (Wildman–Crippen LogP) is 2.16. The Morgan fingerprint density at radius 2 is 2.08 bits per heavy atom. The van der Waals surface area contributed by atoms with Gasteiger partial charge in [-0.25, -0.2) is 0 Å². The van der Waals surface area contributed by atoms with Crippen molar-refractivity contribution in [1.29, 1.82) is 0 Å². The third-order valence-corrected chi connectivity index (χ3v) is 4.71. The van der Waals surface area contributed by atoms with E-state index in [1.807, 2.05) is 7.05 Å². The van der Waals surface area contributed by atoms with E-state index in [-0.39, 0.29) is 5.91 Å². The molecule has 1 N–H and O–H groups in total. The van der Waals surface area contributed by atoms with Crippen LogP contribution in [0.5, 0.6) is 0 Å². The first-order valence-corrected chi connectivity index (χ1v) is 8.63. The van der Waals surface area contributed by atoms with Gasteiger partial charge in [0, 0.05) is 37.7 Å². The summed E-state index contributed by atoms with van der Waals surface area (Å²) < 4.78 is 10.7. The maximum atomic E-state index is 12.2. The number of aryl methyl sites for hydroxylation is 2. The van der Waals surface area contributed by atoms with Gasteiger partial charge in [-0.15, -0.1) is 0 Å². The van der Waals surface area contributed by atoms with Crippen LogP contribution in [0.2, 0.25) is 0 Å².